The lowest BCUT2D eigenvalue weighted by molar-refractivity contribution is 1.07. The third-order valence-electron chi connectivity index (χ3n) is 6.64. The highest BCUT2D eigenvalue weighted by molar-refractivity contribution is 6.21. The van der Waals surface area contributed by atoms with E-state index >= 15 is 0 Å². The predicted molar refractivity (Wildman–Crippen MR) is 163 cm³/mol. The Labute approximate surface area is 232 Å². The zero-order chi connectivity index (χ0) is 27.3. The Hall–Kier alpha value is -5.55. The van der Waals surface area contributed by atoms with E-state index in [-0.39, 0.29) is 5.71 Å². The summed E-state index contributed by atoms with van der Waals surface area (Å²) in [4.78, 5) is 14.6. The fourth-order valence-electron chi connectivity index (χ4n) is 4.64. The summed E-state index contributed by atoms with van der Waals surface area (Å²) < 4.78 is 0. The molecule has 5 nitrogen and oxygen atoms in total. The van der Waals surface area contributed by atoms with Gasteiger partial charge in [0.25, 0.3) is 0 Å². The summed E-state index contributed by atoms with van der Waals surface area (Å²) in [5, 5.41) is 19.6. The molecule has 0 saturated heterocycles. The lowest BCUT2D eigenvalue weighted by Gasteiger charge is -2.14. The second kappa shape index (κ2) is 11.1. The molecule has 0 spiro atoms. The molecule has 0 bridgehead atoms. The summed E-state index contributed by atoms with van der Waals surface area (Å²) in [5.74, 6) is 1.62. The molecule has 190 valence electrons. The second-order valence-electron chi connectivity index (χ2n) is 9.27. The molecule has 0 aliphatic rings. The van der Waals surface area contributed by atoms with Gasteiger partial charge in [0.05, 0.1) is 11.4 Å². The van der Waals surface area contributed by atoms with Crippen LogP contribution in [0.5, 0.6) is 0 Å². The van der Waals surface area contributed by atoms with Crippen LogP contribution in [0, 0.1) is 10.8 Å². The molecule has 2 N–H and O–H groups in total. The van der Waals surface area contributed by atoms with E-state index in [1.165, 1.54) is 0 Å². The number of aromatic nitrogens is 3. The SMILES string of the molecule is N=C(/C=C\C(=N)c1c(-c2nc(-c3ccccc3)nc(-c3ccccc3)n2)ccc2ccccc12)c1ccccc1. The molecule has 0 amide bonds. The van der Waals surface area contributed by atoms with Crippen molar-refractivity contribution in [3.63, 3.8) is 0 Å². The van der Waals surface area contributed by atoms with Crippen LogP contribution in [0.3, 0.4) is 0 Å². The number of allylic oxidation sites excluding steroid dienone is 2. The second-order valence-corrected chi connectivity index (χ2v) is 9.27. The van der Waals surface area contributed by atoms with Gasteiger partial charge in [-0.3, -0.25) is 0 Å². The third-order valence-corrected chi connectivity index (χ3v) is 6.64. The molecule has 0 saturated carbocycles. The van der Waals surface area contributed by atoms with Crippen molar-refractivity contribution >= 4 is 22.2 Å². The van der Waals surface area contributed by atoms with Gasteiger partial charge in [-0.15, -0.1) is 0 Å². The minimum atomic E-state index is 0.274. The summed E-state index contributed by atoms with van der Waals surface area (Å²) >= 11 is 0. The van der Waals surface area contributed by atoms with Crippen molar-refractivity contribution in [2.24, 2.45) is 0 Å². The highest BCUT2D eigenvalue weighted by Gasteiger charge is 2.18. The molecular formula is C35H25N5. The standard InChI is InChI=1S/C35H25N5/c36-30(25-13-4-1-5-14-25)22-23-31(37)32-28-19-11-10-12-24(28)20-21-29(32)35-39-33(26-15-6-2-7-16-26)38-34(40-35)27-17-8-3-9-18-27/h1-23,36-37H/b23-22-,36-30?,37-31?. The molecule has 6 aromatic rings. The Bertz CT molecular complexity index is 1800. The first kappa shape index (κ1) is 24.8. The highest BCUT2D eigenvalue weighted by atomic mass is 15.0. The minimum Gasteiger partial charge on any atom is -0.300 e. The smallest absolute Gasteiger partial charge is 0.164 e. The van der Waals surface area contributed by atoms with Crippen molar-refractivity contribution < 1.29 is 0 Å². The average Bonchev–Trinajstić information content (AvgIpc) is 3.04. The molecule has 0 atom stereocenters. The lowest BCUT2D eigenvalue weighted by Crippen LogP contribution is -2.06. The number of hydrogen-bond acceptors (Lipinski definition) is 5. The van der Waals surface area contributed by atoms with E-state index in [1.807, 2.05) is 127 Å². The van der Waals surface area contributed by atoms with Gasteiger partial charge in [-0.1, -0.05) is 121 Å². The first-order valence-electron chi connectivity index (χ1n) is 13.0. The van der Waals surface area contributed by atoms with Crippen LogP contribution in [0.25, 0.3) is 44.9 Å². The fourth-order valence-corrected chi connectivity index (χ4v) is 4.64. The van der Waals surface area contributed by atoms with Crippen LogP contribution in [0.2, 0.25) is 0 Å². The average molecular weight is 516 g/mol. The molecule has 40 heavy (non-hydrogen) atoms. The van der Waals surface area contributed by atoms with E-state index in [4.69, 9.17) is 25.8 Å². The fraction of sp³-hybridized carbons (Fsp3) is 0. The van der Waals surface area contributed by atoms with Crippen molar-refractivity contribution in [2.45, 2.75) is 0 Å². The number of rotatable bonds is 7. The zero-order valence-electron chi connectivity index (χ0n) is 21.6. The van der Waals surface area contributed by atoms with Crippen LogP contribution in [0.15, 0.2) is 140 Å². The minimum absolute atomic E-state index is 0.274. The maximum absolute atomic E-state index is 9.14. The van der Waals surface area contributed by atoms with E-state index in [0.29, 0.717) is 28.7 Å². The number of nitrogens with zero attached hydrogens (tertiary/aromatic N) is 3. The summed E-state index contributed by atoms with van der Waals surface area (Å²) in [5.41, 5.74) is 4.62. The summed E-state index contributed by atoms with van der Waals surface area (Å²) in [6.45, 7) is 0. The van der Waals surface area contributed by atoms with Gasteiger partial charge in [0.1, 0.15) is 0 Å². The Balaban J connectivity index is 1.53. The number of fused-ring (bicyclic) bond motifs is 1. The van der Waals surface area contributed by atoms with Crippen molar-refractivity contribution in [1.82, 2.24) is 15.0 Å². The maximum atomic E-state index is 9.14. The zero-order valence-corrected chi connectivity index (χ0v) is 21.6. The molecule has 1 heterocycles. The van der Waals surface area contributed by atoms with Gasteiger partial charge >= 0.3 is 0 Å². The van der Waals surface area contributed by atoms with E-state index in [9.17, 15) is 0 Å². The van der Waals surface area contributed by atoms with Gasteiger partial charge in [0, 0.05) is 22.3 Å². The van der Waals surface area contributed by atoms with E-state index in [1.54, 1.807) is 12.2 Å². The van der Waals surface area contributed by atoms with Crippen LogP contribution < -0.4 is 0 Å². The van der Waals surface area contributed by atoms with Gasteiger partial charge in [0.2, 0.25) is 0 Å². The highest BCUT2D eigenvalue weighted by Crippen LogP contribution is 2.31. The van der Waals surface area contributed by atoms with Crippen LogP contribution in [-0.4, -0.2) is 26.4 Å². The third kappa shape index (κ3) is 5.08. The van der Waals surface area contributed by atoms with Crippen molar-refractivity contribution in [3.8, 4) is 34.2 Å². The Morgan fingerprint density at radius 3 is 1.60 bits per heavy atom. The van der Waals surface area contributed by atoms with Gasteiger partial charge in [-0.05, 0) is 34.6 Å². The molecule has 0 aliphatic carbocycles. The number of hydrogen-bond donors (Lipinski definition) is 2. The summed E-state index contributed by atoms with van der Waals surface area (Å²) in [7, 11) is 0. The maximum Gasteiger partial charge on any atom is 0.164 e. The number of nitrogens with one attached hydrogen (secondary N) is 2. The first-order valence-corrected chi connectivity index (χ1v) is 13.0. The topological polar surface area (TPSA) is 86.4 Å². The van der Waals surface area contributed by atoms with Gasteiger partial charge in [0.15, 0.2) is 17.5 Å². The van der Waals surface area contributed by atoms with Crippen molar-refractivity contribution in [3.05, 3.63) is 151 Å². The Morgan fingerprint density at radius 1 is 0.475 bits per heavy atom. The molecule has 5 heteroatoms. The van der Waals surface area contributed by atoms with Gasteiger partial charge < -0.3 is 10.8 Å². The molecule has 0 radical (unpaired) electrons. The predicted octanol–water partition coefficient (Wildman–Crippen LogP) is 8.02. The molecule has 1 aromatic heterocycles. The first-order chi connectivity index (χ1) is 19.7. The molecule has 0 fully saturated rings. The van der Waals surface area contributed by atoms with Gasteiger partial charge in [-0.25, -0.2) is 15.0 Å². The normalized spacial score (nSPS) is 11.1. The molecule has 0 aliphatic heterocycles. The quantitative estimate of drug-likeness (QED) is 0.211. The lowest BCUT2D eigenvalue weighted by atomic mass is 9.94. The van der Waals surface area contributed by atoms with Crippen LogP contribution in [0.4, 0.5) is 0 Å². The van der Waals surface area contributed by atoms with E-state index in [0.717, 1.165) is 33.0 Å². The summed E-state index contributed by atoms with van der Waals surface area (Å²) in [6.07, 6.45) is 3.35. The van der Waals surface area contributed by atoms with E-state index in [2.05, 4.69) is 0 Å². The van der Waals surface area contributed by atoms with Gasteiger partial charge in [-0.2, -0.15) is 0 Å². The van der Waals surface area contributed by atoms with Crippen molar-refractivity contribution in [1.29, 1.82) is 10.8 Å². The molecular weight excluding hydrogens is 490 g/mol. The summed E-state index contributed by atoms with van der Waals surface area (Å²) in [6, 6.07) is 41.2. The van der Waals surface area contributed by atoms with Crippen LogP contribution in [-0.2, 0) is 0 Å². The number of benzene rings is 5. The van der Waals surface area contributed by atoms with Crippen molar-refractivity contribution in [2.75, 3.05) is 0 Å². The largest absolute Gasteiger partial charge is 0.300 e. The Morgan fingerprint density at radius 2 is 0.975 bits per heavy atom. The molecule has 6 rings (SSSR count). The van der Waals surface area contributed by atoms with Crippen LogP contribution in [0.1, 0.15) is 11.1 Å². The Kier molecular flexibility index (Phi) is 6.84. The van der Waals surface area contributed by atoms with E-state index < -0.39 is 0 Å². The molecule has 0 unspecified atom stereocenters. The molecule has 5 aromatic carbocycles. The monoisotopic (exact) mass is 515 g/mol. The van der Waals surface area contributed by atoms with Crippen LogP contribution >= 0.6 is 0 Å².